The SMILES string of the molecule is CCCCC(=O)n1nnnc1-c1ccccc1-c1ccc(CNC2(C(=O)OCc3ccccc3)CCCCC2)cc1. The number of carbonyl (C=O) groups is 2. The zero-order valence-electron chi connectivity index (χ0n) is 23.6. The lowest BCUT2D eigenvalue weighted by atomic mass is 9.81. The molecule has 0 radical (unpaired) electrons. The maximum Gasteiger partial charge on any atom is 0.326 e. The second-order valence-corrected chi connectivity index (χ2v) is 10.7. The van der Waals surface area contributed by atoms with Crippen molar-refractivity contribution < 1.29 is 14.3 Å². The first-order valence-electron chi connectivity index (χ1n) is 14.6. The van der Waals surface area contributed by atoms with Gasteiger partial charge >= 0.3 is 5.97 Å². The van der Waals surface area contributed by atoms with Gasteiger partial charge in [-0.1, -0.05) is 111 Å². The third-order valence-electron chi connectivity index (χ3n) is 7.82. The number of nitrogens with one attached hydrogen (secondary N) is 1. The summed E-state index contributed by atoms with van der Waals surface area (Å²) in [6, 6.07) is 25.9. The van der Waals surface area contributed by atoms with E-state index in [1.54, 1.807) is 0 Å². The number of carbonyl (C=O) groups excluding carboxylic acids is 2. The summed E-state index contributed by atoms with van der Waals surface area (Å²) in [6.07, 6.45) is 6.82. The summed E-state index contributed by atoms with van der Waals surface area (Å²) in [6.45, 7) is 2.89. The number of hydrogen-bond donors (Lipinski definition) is 1. The van der Waals surface area contributed by atoms with Crippen LogP contribution in [0.5, 0.6) is 0 Å². The first-order chi connectivity index (χ1) is 20.1. The van der Waals surface area contributed by atoms with E-state index in [4.69, 9.17) is 4.74 Å². The molecule has 1 fully saturated rings. The quantitative estimate of drug-likeness (QED) is 0.171. The van der Waals surface area contributed by atoms with Crippen LogP contribution in [-0.2, 0) is 22.7 Å². The number of tetrazole rings is 1. The third-order valence-corrected chi connectivity index (χ3v) is 7.82. The minimum Gasteiger partial charge on any atom is -0.459 e. The van der Waals surface area contributed by atoms with E-state index in [1.807, 2.05) is 54.6 Å². The van der Waals surface area contributed by atoms with Crippen LogP contribution >= 0.6 is 0 Å². The van der Waals surface area contributed by atoms with Crippen molar-refractivity contribution in [1.82, 2.24) is 25.5 Å². The fourth-order valence-electron chi connectivity index (χ4n) is 5.43. The molecule has 3 aromatic carbocycles. The van der Waals surface area contributed by atoms with E-state index in [0.717, 1.165) is 72.8 Å². The van der Waals surface area contributed by atoms with Crippen molar-refractivity contribution in [1.29, 1.82) is 0 Å². The number of aromatic nitrogens is 4. The fraction of sp³-hybridized carbons (Fsp3) is 0.364. The van der Waals surface area contributed by atoms with Crippen molar-refractivity contribution in [3.8, 4) is 22.5 Å². The average molecular weight is 552 g/mol. The smallest absolute Gasteiger partial charge is 0.326 e. The third kappa shape index (κ3) is 6.77. The molecule has 4 aromatic rings. The molecular formula is C33H37N5O3. The predicted octanol–water partition coefficient (Wildman–Crippen LogP) is 6.37. The number of benzene rings is 3. The van der Waals surface area contributed by atoms with Crippen molar-refractivity contribution in [3.63, 3.8) is 0 Å². The second-order valence-electron chi connectivity index (χ2n) is 10.7. The summed E-state index contributed by atoms with van der Waals surface area (Å²) < 4.78 is 7.10. The molecule has 1 saturated carbocycles. The van der Waals surface area contributed by atoms with Crippen LogP contribution in [0.15, 0.2) is 78.9 Å². The van der Waals surface area contributed by atoms with Crippen molar-refractivity contribution in [3.05, 3.63) is 90.0 Å². The van der Waals surface area contributed by atoms with Gasteiger partial charge < -0.3 is 4.74 Å². The predicted molar refractivity (Wildman–Crippen MR) is 158 cm³/mol. The Balaban J connectivity index is 1.30. The first-order valence-corrected chi connectivity index (χ1v) is 14.6. The second kappa shape index (κ2) is 13.5. The van der Waals surface area contributed by atoms with Crippen molar-refractivity contribution >= 4 is 11.9 Å². The van der Waals surface area contributed by atoms with E-state index in [1.165, 1.54) is 4.68 Å². The van der Waals surface area contributed by atoms with Crippen LogP contribution in [0.2, 0.25) is 0 Å². The van der Waals surface area contributed by atoms with Crippen LogP contribution in [0.1, 0.15) is 74.2 Å². The maximum absolute atomic E-state index is 13.3. The van der Waals surface area contributed by atoms with Gasteiger partial charge in [0.2, 0.25) is 5.91 Å². The number of ether oxygens (including phenoxy) is 1. The summed E-state index contributed by atoms with van der Waals surface area (Å²) in [5, 5.41) is 15.5. The van der Waals surface area contributed by atoms with Gasteiger partial charge in [0.05, 0.1) is 0 Å². The fourth-order valence-corrected chi connectivity index (χ4v) is 5.43. The Morgan fingerprint density at radius 3 is 2.32 bits per heavy atom. The molecule has 1 heterocycles. The molecule has 0 atom stereocenters. The molecule has 0 aliphatic heterocycles. The molecule has 1 aliphatic rings. The van der Waals surface area contributed by atoms with E-state index in [9.17, 15) is 9.59 Å². The Morgan fingerprint density at radius 1 is 0.878 bits per heavy atom. The normalized spacial score (nSPS) is 14.5. The largest absolute Gasteiger partial charge is 0.459 e. The number of nitrogens with zero attached hydrogens (tertiary/aromatic N) is 4. The lowest BCUT2D eigenvalue weighted by Gasteiger charge is -2.36. The van der Waals surface area contributed by atoms with Crippen molar-refractivity contribution in [2.45, 2.75) is 77.0 Å². The molecule has 0 saturated heterocycles. The molecule has 1 aromatic heterocycles. The van der Waals surface area contributed by atoms with Gasteiger partial charge in [-0.05, 0) is 51.9 Å². The average Bonchev–Trinajstić information content (AvgIpc) is 3.53. The summed E-state index contributed by atoms with van der Waals surface area (Å²) >= 11 is 0. The maximum atomic E-state index is 13.3. The minimum atomic E-state index is -0.667. The van der Waals surface area contributed by atoms with Gasteiger partial charge in [-0.3, -0.25) is 14.9 Å². The van der Waals surface area contributed by atoms with Crippen LogP contribution in [-0.4, -0.2) is 37.6 Å². The van der Waals surface area contributed by atoms with Crippen LogP contribution in [0.4, 0.5) is 0 Å². The summed E-state index contributed by atoms with van der Waals surface area (Å²) in [7, 11) is 0. The zero-order valence-corrected chi connectivity index (χ0v) is 23.6. The van der Waals surface area contributed by atoms with Gasteiger partial charge in [-0.15, -0.1) is 5.10 Å². The van der Waals surface area contributed by atoms with Gasteiger partial charge in [0.15, 0.2) is 5.82 Å². The molecule has 8 nitrogen and oxygen atoms in total. The van der Waals surface area contributed by atoms with E-state index in [0.29, 0.717) is 18.8 Å². The molecule has 212 valence electrons. The lowest BCUT2D eigenvalue weighted by molar-refractivity contribution is -0.155. The molecule has 0 amide bonds. The molecular weight excluding hydrogens is 514 g/mol. The topological polar surface area (TPSA) is 99.0 Å². The molecule has 8 heteroatoms. The highest BCUT2D eigenvalue weighted by Gasteiger charge is 2.40. The number of unbranched alkanes of at least 4 members (excludes halogenated alkanes) is 1. The Kier molecular flexibility index (Phi) is 9.31. The van der Waals surface area contributed by atoms with Crippen LogP contribution < -0.4 is 5.32 Å². The van der Waals surface area contributed by atoms with Crippen LogP contribution in [0, 0.1) is 0 Å². The molecule has 0 bridgehead atoms. The van der Waals surface area contributed by atoms with Crippen LogP contribution in [0.25, 0.3) is 22.5 Å². The van der Waals surface area contributed by atoms with Crippen LogP contribution in [0.3, 0.4) is 0 Å². The van der Waals surface area contributed by atoms with E-state index in [2.05, 4.69) is 52.0 Å². The first kappa shape index (κ1) is 28.4. The van der Waals surface area contributed by atoms with Gasteiger partial charge in [0.25, 0.3) is 0 Å². The van der Waals surface area contributed by atoms with E-state index < -0.39 is 5.54 Å². The highest BCUT2D eigenvalue weighted by Crippen LogP contribution is 2.32. The summed E-state index contributed by atoms with van der Waals surface area (Å²) in [4.78, 5) is 26.0. The highest BCUT2D eigenvalue weighted by atomic mass is 16.5. The highest BCUT2D eigenvalue weighted by molar-refractivity contribution is 5.86. The van der Waals surface area contributed by atoms with Gasteiger partial charge in [0.1, 0.15) is 12.1 Å². The zero-order chi connectivity index (χ0) is 28.5. The molecule has 0 unspecified atom stereocenters. The molecule has 1 aliphatic carbocycles. The van der Waals surface area contributed by atoms with Gasteiger partial charge in [-0.25, -0.2) is 0 Å². The Morgan fingerprint density at radius 2 is 1.59 bits per heavy atom. The molecule has 1 N–H and O–H groups in total. The minimum absolute atomic E-state index is 0.109. The van der Waals surface area contributed by atoms with Crippen molar-refractivity contribution in [2.75, 3.05) is 0 Å². The van der Waals surface area contributed by atoms with Crippen molar-refractivity contribution in [2.24, 2.45) is 0 Å². The molecule has 0 spiro atoms. The number of hydrogen-bond acceptors (Lipinski definition) is 7. The van der Waals surface area contributed by atoms with Gasteiger partial charge in [0, 0.05) is 18.5 Å². The van der Waals surface area contributed by atoms with E-state index >= 15 is 0 Å². The summed E-state index contributed by atoms with van der Waals surface area (Å²) in [5.74, 6) is 0.167. The number of esters is 1. The lowest BCUT2D eigenvalue weighted by Crippen LogP contribution is -2.53. The van der Waals surface area contributed by atoms with Gasteiger partial charge in [-0.2, -0.15) is 4.68 Å². The Bertz CT molecular complexity index is 1440. The molecule has 5 rings (SSSR count). The Labute approximate surface area is 241 Å². The number of rotatable bonds is 11. The molecule has 41 heavy (non-hydrogen) atoms. The monoisotopic (exact) mass is 551 g/mol. The summed E-state index contributed by atoms with van der Waals surface area (Å²) in [5.41, 5.74) is 4.14. The standard InChI is InChI=1S/C33H37N5O3/c1-2-3-16-30(39)38-31(35-36-37-38)29-15-9-8-14-28(29)27-19-17-25(18-20-27)23-34-33(21-10-5-11-22-33)32(40)41-24-26-12-6-4-7-13-26/h4,6-9,12-15,17-20,34H,2-3,5,10-11,16,21-24H2,1H3. The Hall–Kier alpha value is -4.17. The van der Waals surface area contributed by atoms with E-state index in [-0.39, 0.29) is 18.5 Å².